The van der Waals surface area contributed by atoms with Gasteiger partial charge in [0.05, 0.1) is 16.8 Å². The molecule has 2 atom stereocenters. The van der Waals surface area contributed by atoms with E-state index in [0.717, 1.165) is 9.13 Å². The molecule has 1 heterocycles. The molecular formula is C17H13Cl2IN2O2. The van der Waals surface area contributed by atoms with Crippen LogP contribution in [0.4, 0.5) is 5.69 Å². The van der Waals surface area contributed by atoms with Crippen molar-refractivity contribution >= 4 is 63.2 Å². The van der Waals surface area contributed by atoms with E-state index in [1.54, 1.807) is 23.2 Å². The molecule has 0 bridgehead atoms. The van der Waals surface area contributed by atoms with Crippen molar-refractivity contribution in [2.75, 3.05) is 5.01 Å². The molecule has 4 nitrogen and oxygen atoms in total. The third-order valence-corrected chi connectivity index (χ3v) is 5.23. The fourth-order valence-corrected chi connectivity index (χ4v) is 3.68. The second-order valence-corrected chi connectivity index (χ2v) is 7.61. The third kappa shape index (κ3) is 3.25. The first-order valence-corrected chi connectivity index (χ1v) is 9.03. The fraction of sp³-hybridized carbons (Fsp3) is 0.176. The predicted octanol–water partition coefficient (Wildman–Crippen LogP) is 5.24. The van der Waals surface area contributed by atoms with Crippen molar-refractivity contribution in [3.8, 4) is 0 Å². The van der Waals surface area contributed by atoms with Gasteiger partial charge in [0.15, 0.2) is 5.71 Å². The number of carbonyl (C=O) groups is 1. The topological polar surface area (TPSA) is 52.9 Å². The standard InChI is InChI=1S/C17H13Cl2IN2O2/c1-9-15(17(23)24)21-22(14-7-4-11(18)8-13(14)19)16(9)10-2-5-12(20)6-3-10/h2-9,16H,1H3,(H,23,24)/t9-,16+/m0/s1. The molecule has 1 N–H and O–H groups in total. The van der Waals surface area contributed by atoms with Gasteiger partial charge in [-0.3, -0.25) is 5.01 Å². The Morgan fingerprint density at radius 2 is 1.88 bits per heavy atom. The molecule has 1 aliphatic rings. The lowest BCUT2D eigenvalue weighted by atomic mass is 9.91. The smallest absolute Gasteiger partial charge is 0.352 e. The zero-order valence-corrected chi connectivity index (χ0v) is 16.2. The van der Waals surface area contributed by atoms with Gasteiger partial charge in [0.1, 0.15) is 0 Å². The first kappa shape index (κ1) is 17.5. The molecule has 0 spiro atoms. The number of carboxylic acids is 1. The monoisotopic (exact) mass is 474 g/mol. The number of hydrogen-bond donors (Lipinski definition) is 1. The van der Waals surface area contributed by atoms with Crippen LogP contribution in [0.5, 0.6) is 0 Å². The van der Waals surface area contributed by atoms with E-state index in [9.17, 15) is 9.90 Å². The molecule has 7 heteroatoms. The molecule has 1 aliphatic heterocycles. The SMILES string of the molecule is C[C@H]1C(C(=O)O)=NN(c2ccc(Cl)cc2Cl)[C@H]1c1ccc(I)cc1. The Morgan fingerprint density at radius 3 is 2.46 bits per heavy atom. The van der Waals surface area contributed by atoms with Gasteiger partial charge in [-0.05, 0) is 58.5 Å². The summed E-state index contributed by atoms with van der Waals surface area (Å²) in [7, 11) is 0. The van der Waals surface area contributed by atoms with Crippen LogP contribution in [-0.2, 0) is 4.79 Å². The normalized spacial score (nSPS) is 20.2. The van der Waals surface area contributed by atoms with E-state index in [2.05, 4.69) is 27.7 Å². The minimum Gasteiger partial charge on any atom is -0.477 e. The maximum Gasteiger partial charge on any atom is 0.352 e. The van der Waals surface area contributed by atoms with Crippen LogP contribution in [-0.4, -0.2) is 16.8 Å². The molecule has 0 radical (unpaired) electrons. The van der Waals surface area contributed by atoms with Gasteiger partial charge >= 0.3 is 5.97 Å². The van der Waals surface area contributed by atoms with Crippen LogP contribution < -0.4 is 5.01 Å². The van der Waals surface area contributed by atoms with Gasteiger partial charge in [0, 0.05) is 14.5 Å². The molecule has 0 aliphatic carbocycles. The van der Waals surface area contributed by atoms with E-state index in [0.29, 0.717) is 15.7 Å². The van der Waals surface area contributed by atoms with Crippen LogP contribution in [0.15, 0.2) is 47.6 Å². The summed E-state index contributed by atoms with van der Waals surface area (Å²) in [4.78, 5) is 11.5. The van der Waals surface area contributed by atoms with Gasteiger partial charge in [0.2, 0.25) is 0 Å². The summed E-state index contributed by atoms with van der Waals surface area (Å²) in [6.07, 6.45) is 0. The molecule has 0 fully saturated rings. The van der Waals surface area contributed by atoms with Crippen molar-refractivity contribution in [1.29, 1.82) is 0 Å². The van der Waals surface area contributed by atoms with Gasteiger partial charge in [0.25, 0.3) is 0 Å². The highest BCUT2D eigenvalue weighted by molar-refractivity contribution is 14.1. The quantitative estimate of drug-likeness (QED) is 0.619. The molecule has 0 saturated carbocycles. The van der Waals surface area contributed by atoms with Crippen molar-refractivity contribution < 1.29 is 9.90 Å². The lowest BCUT2D eigenvalue weighted by molar-refractivity contribution is -0.129. The van der Waals surface area contributed by atoms with E-state index in [1.165, 1.54) is 0 Å². The van der Waals surface area contributed by atoms with Crippen molar-refractivity contribution in [3.63, 3.8) is 0 Å². The van der Waals surface area contributed by atoms with Gasteiger partial charge < -0.3 is 5.11 Å². The number of anilines is 1. The maximum absolute atomic E-state index is 11.5. The van der Waals surface area contributed by atoms with Crippen molar-refractivity contribution in [1.82, 2.24) is 0 Å². The molecule has 124 valence electrons. The van der Waals surface area contributed by atoms with E-state index in [-0.39, 0.29) is 17.7 Å². The number of aliphatic carboxylic acids is 1. The van der Waals surface area contributed by atoms with Crippen LogP contribution in [0.3, 0.4) is 0 Å². The van der Waals surface area contributed by atoms with Crippen LogP contribution in [0.25, 0.3) is 0 Å². The third-order valence-electron chi connectivity index (χ3n) is 3.97. The van der Waals surface area contributed by atoms with E-state index < -0.39 is 5.97 Å². The van der Waals surface area contributed by atoms with Crippen molar-refractivity contribution in [2.45, 2.75) is 13.0 Å². The number of nitrogens with zero attached hydrogens (tertiary/aromatic N) is 2. The summed E-state index contributed by atoms with van der Waals surface area (Å²) >= 11 is 14.5. The molecule has 0 unspecified atom stereocenters. The van der Waals surface area contributed by atoms with Crippen LogP contribution in [0.1, 0.15) is 18.5 Å². The van der Waals surface area contributed by atoms with Crippen molar-refractivity contribution in [3.05, 3.63) is 61.6 Å². The Morgan fingerprint density at radius 1 is 1.21 bits per heavy atom. The highest BCUT2D eigenvalue weighted by atomic mass is 127. The summed E-state index contributed by atoms with van der Waals surface area (Å²) < 4.78 is 1.11. The number of hydrazone groups is 1. The van der Waals surface area contributed by atoms with E-state index in [4.69, 9.17) is 23.2 Å². The van der Waals surface area contributed by atoms with Crippen LogP contribution in [0.2, 0.25) is 10.0 Å². The predicted molar refractivity (Wildman–Crippen MR) is 105 cm³/mol. The van der Waals surface area contributed by atoms with Gasteiger partial charge in [-0.15, -0.1) is 0 Å². The Balaban J connectivity index is 2.11. The fourth-order valence-electron chi connectivity index (χ4n) is 2.83. The first-order valence-electron chi connectivity index (χ1n) is 7.20. The van der Waals surface area contributed by atoms with Crippen LogP contribution in [0, 0.1) is 9.49 Å². The molecular weight excluding hydrogens is 462 g/mol. The zero-order valence-electron chi connectivity index (χ0n) is 12.6. The summed E-state index contributed by atoms with van der Waals surface area (Å²) in [5, 5.41) is 16.4. The summed E-state index contributed by atoms with van der Waals surface area (Å²) in [5.41, 5.74) is 1.73. The Hall–Kier alpha value is -1.31. The summed E-state index contributed by atoms with van der Waals surface area (Å²) in [6.45, 7) is 1.86. The van der Waals surface area contributed by atoms with E-state index >= 15 is 0 Å². The average Bonchev–Trinajstić information content (AvgIpc) is 2.86. The highest BCUT2D eigenvalue weighted by Gasteiger charge is 2.39. The molecule has 2 aromatic carbocycles. The minimum absolute atomic E-state index is 0.115. The molecule has 0 amide bonds. The van der Waals surface area contributed by atoms with Crippen LogP contribution >= 0.6 is 45.8 Å². The Labute approximate surface area is 163 Å². The first-order chi connectivity index (χ1) is 11.4. The maximum atomic E-state index is 11.5. The van der Waals surface area contributed by atoms with Gasteiger partial charge in [-0.25, -0.2) is 4.79 Å². The lowest BCUT2D eigenvalue weighted by Gasteiger charge is -2.27. The Bertz CT molecular complexity index is 824. The summed E-state index contributed by atoms with van der Waals surface area (Å²) in [5.74, 6) is -1.31. The minimum atomic E-state index is -1.02. The molecule has 0 saturated heterocycles. The molecule has 0 aromatic heterocycles. The lowest BCUT2D eigenvalue weighted by Crippen LogP contribution is -2.26. The van der Waals surface area contributed by atoms with Crippen molar-refractivity contribution in [2.24, 2.45) is 11.0 Å². The molecule has 2 aromatic rings. The number of rotatable bonds is 3. The average molecular weight is 475 g/mol. The zero-order chi connectivity index (χ0) is 17.4. The number of hydrogen-bond acceptors (Lipinski definition) is 3. The number of carboxylic acid groups (broad SMARTS) is 1. The molecule has 24 heavy (non-hydrogen) atoms. The van der Waals surface area contributed by atoms with E-state index in [1.807, 2.05) is 31.2 Å². The van der Waals surface area contributed by atoms with Gasteiger partial charge in [-0.2, -0.15) is 5.10 Å². The number of halogens is 3. The molecule has 3 rings (SSSR count). The number of benzene rings is 2. The highest BCUT2D eigenvalue weighted by Crippen LogP contribution is 2.42. The van der Waals surface area contributed by atoms with Gasteiger partial charge in [-0.1, -0.05) is 42.3 Å². The second kappa shape index (κ2) is 6.90. The Kier molecular flexibility index (Phi) is 5.03. The largest absolute Gasteiger partial charge is 0.477 e. The second-order valence-electron chi connectivity index (χ2n) is 5.52. The summed E-state index contributed by atoms with van der Waals surface area (Å²) in [6, 6.07) is 12.8.